The highest BCUT2D eigenvalue weighted by Crippen LogP contribution is 2.21. The lowest BCUT2D eigenvalue weighted by Gasteiger charge is -2.30. The first kappa shape index (κ1) is 22.9. The average molecular weight is 435 g/mol. The fourth-order valence-electron chi connectivity index (χ4n) is 3.40. The van der Waals surface area contributed by atoms with Gasteiger partial charge in [-0.2, -0.15) is 4.31 Å². The number of hydrogen-bond donors (Lipinski definition) is 1. The monoisotopic (exact) mass is 434 g/mol. The summed E-state index contributed by atoms with van der Waals surface area (Å²) in [4.78, 5) is 13.4. The topological polar surface area (TPSA) is 96.4 Å². The number of halogens is 1. The summed E-state index contributed by atoms with van der Waals surface area (Å²) in [6.07, 6.45) is 1.61. The molecule has 1 aromatic rings. The van der Waals surface area contributed by atoms with Crippen molar-refractivity contribution in [3.05, 3.63) is 24.3 Å². The van der Waals surface area contributed by atoms with Gasteiger partial charge in [-0.15, -0.1) is 12.4 Å². The third-order valence-electron chi connectivity index (χ3n) is 4.96. The number of hydrogen-bond acceptors (Lipinski definition) is 6. The smallest absolute Gasteiger partial charge is 0.307 e. The molecular formula is C18H27ClN2O6S. The van der Waals surface area contributed by atoms with E-state index in [4.69, 9.17) is 14.6 Å². The Kier molecular flexibility index (Phi) is 8.51. The number of morpholine rings is 1. The molecule has 8 nitrogen and oxygen atoms in total. The van der Waals surface area contributed by atoms with E-state index in [1.54, 1.807) is 24.3 Å². The fourth-order valence-corrected chi connectivity index (χ4v) is 4.80. The largest absolute Gasteiger partial charge is 0.492 e. The standard InChI is InChI=1S/C18H26N2O6S.ClH/c21-18(22)15-2-1-7-19(14-15)8-13-26-16-3-5-17(6-4-16)27(23,24)20-9-11-25-12-10-20;/h3-6,15H,1-2,7-14H2,(H,21,22);1H. The van der Waals surface area contributed by atoms with E-state index in [-0.39, 0.29) is 23.2 Å². The molecule has 1 unspecified atom stereocenters. The molecule has 0 amide bonds. The second-order valence-corrected chi connectivity index (χ2v) is 8.75. The van der Waals surface area contributed by atoms with Crippen LogP contribution in [0.15, 0.2) is 29.2 Å². The van der Waals surface area contributed by atoms with Gasteiger partial charge in [-0.1, -0.05) is 0 Å². The van der Waals surface area contributed by atoms with Gasteiger partial charge in [0.15, 0.2) is 0 Å². The van der Waals surface area contributed by atoms with E-state index in [0.717, 1.165) is 19.4 Å². The summed E-state index contributed by atoms with van der Waals surface area (Å²) in [5, 5.41) is 9.13. The zero-order valence-electron chi connectivity index (χ0n) is 15.7. The second kappa shape index (κ2) is 10.4. The van der Waals surface area contributed by atoms with Crippen LogP contribution in [-0.4, -0.2) is 81.2 Å². The minimum Gasteiger partial charge on any atom is -0.492 e. The van der Waals surface area contributed by atoms with Gasteiger partial charge in [0.25, 0.3) is 0 Å². The van der Waals surface area contributed by atoms with Gasteiger partial charge in [-0.3, -0.25) is 9.69 Å². The summed E-state index contributed by atoms with van der Waals surface area (Å²) in [5.74, 6) is -0.441. The number of likely N-dealkylation sites (tertiary alicyclic amines) is 1. The molecule has 2 aliphatic heterocycles. The van der Waals surface area contributed by atoms with Crippen LogP contribution in [0.25, 0.3) is 0 Å². The van der Waals surface area contributed by atoms with Crippen LogP contribution in [0, 0.1) is 5.92 Å². The maximum atomic E-state index is 12.6. The molecule has 10 heteroatoms. The lowest BCUT2D eigenvalue weighted by atomic mass is 9.98. The first-order valence-electron chi connectivity index (χ1n) is 9.23. The highest BCUT2D eigenvalue weighted by Gasteiger charge is 2.26. The number of sulfonamides is 1. The van der Waals surface area contributed by atoms with Crippen LogP contribution >= 0.6 is 12.4 Å². The van der Waals surface area contributed by atoms with Crippen molar-refractivity contribution in [1.82, 2.24) is 9.21 Å². The van der Waals surface area contributed by atoms with Crippen molar-refractivity contribution in [1.29, 1.82) is 0 Å². The number of nitrogens with zero attached hydrogens (tertiary/aromatic N) is 2. The first-order valence-corrected chi connectivity index (χ1v) is 10.7. The third-order valence-corrected chi connectivity index (χ3v) is 6.88. The molecule has 0 radical (unpaired) electrons. The van der Waals surface area contributed by atoms with Crippen molar-refractivity contribution in [2.45, 2.75) is 17.7 Å². The fraction of sp³-hybridized carbons (Fsp3) is 0.611. The molecule has 2 saturated heterocycles. The van der Waals surface area contributed by atoms with Gasteiger partial charge in [0, 0.05) is 26.2 Å². The van der Waals surface area contributed by atoms with Gasteiger partial charge < -0.3 is 14.6 Å². The van der Waals surface area contributed by atoms with Gasteiger partial charge in [-0.25, -0.2) is 8.42 Å². The Bertz CT molecular complexity index is 737. The average Bonchev–Trinajstić information content (AvgIpc) is 2.69. The number of rotatable bonds is 7. The van der Waals surface area contributed by atoms with Crippen molar-refractivity contribution >= 4 is 28.4 Å². The first-order chi connectivity index (χ1) is 13.0. The molecule has 0 spiro atoms. The molecule has 1 N–H and O–H groups in total. The Hall–Kier alpha value is -1.39. The molecule has 28 heavy (non-hydrogen) atoms. The predicted octanol–water partition coefficient (Wildman–Crippen LogP) is 1.30. The van der Waals surface area contributed by atoms with Crippen molar-refractivity contribution < 1.29 is 27.8 Å². The molecule has 1 atom stereocenters. The molecule has 0 saturated carbocycles. The van der Waals surface area contributed by atoms with Crippen molar-refractivity contribution in [2.75, 3.05) is 52.5 Å². The lowest BCUT2D eigenvalue weighted by Crippen LogP contribution is -2.40. The number of ether oxygens (including phenoxy) is 2. The number of piperidine rings is 1. The van der Waals surface area contributed by atoms with E-state index in [2.05, 4.69) is 4.90 Å². The zero-order chi connectivity index (χ0) is 19.3. The zero-order valence-corrected chi connectivity index (χ0v) is 17.3. The quantitative estimate of drug-likeness (QED) is 0.690. The maximum Gasteiger partial charge on any atom is 0.307 e. The van der Waals surface area contributed by atoms with Crippen LogP contribution < -0.4 is 4.74 Å². The van der Waals surface area contributed by atoms with E-state index in [0.29, 0.717) is 51.7 Å². The number of carboxylic acids is 1. The Balaban J connectivity index is 0.00000280. The predicted molar refractivity (Wildman–Crippen MR) is 106 cm³/mol. The lowest BCUT2D eigenvalue weighted by molar-refractivity contribution is -0.143. The summed E-state index contributed by atoms with van der Waals surface area (Å²) in [7, 11) is -3.50. The van der Waals surface area contributed by atoms with E-state index < -0.39 is 16.0 Å². The molecule has 3 rings (SSSR count). The van der Waals surface area contributed by atoms with E-state index in [1.807, 2.05) is 0 Å². The number of carbonyl (C=O) groups is 1. The second-order valence-electron chi connectivity index (χ2n) is 6.81. The summed E-state index contributed by atoms with van der Waals surface area (Å²) in [6, 6.07) is 6.43. The molecule has 2 fully saturated rings. The van der Waals surface area contributed by atoms with Gasteiger partial charge in [0.05, 0.1) is 24.0 Å². The SMILES string of the molecule is Cl.O=C(O)C1CCCN(CCOc2ccc(S(=O)(=O)N3CCOCC3)cc2)C1. The number of benzene rings is 1. The normalized spacial score (nSPS) is 21.6. The maximum absolute atomic E-state index is 12.6. The van der Waals surface area contributed by atoms with E-state index >= 15 is 0 Å². The highest BCUT2D eigenvalue weighted by molar-refractivity contribution is 7.89. The van der Waals surface area contributed by atoms with Crippen LogP contribution in [0.2, 0.25) is 0 Å². The number of aliphatic carboxylic acids is 1. The molecule has 2 aliphatic rings. The summed E-state index contributed by atoms with van der Waals surface area (Å²) < 4.78 is 37.5. The van der Waals surface area contributed by atoms with Crippen LogP contribution in [0.5, 0.6) is 5.75 Å². The van der Waals surface area contributed by atoms with Crippen molar-refractivity contribution in [3.63, 3.8) is 0 Å². The van der Waals surface area contributed by atoms with Crippen molar-refractivity contribution in [3.8, 4) is 5.75 Å². The molecule has 0 aromatic heterocycles. The van der Waals surface area contributed by atoms with Crippen molar-refractivity contribution in [2.24, 2.45) is 5.92 Å². The van der Waals surface area contributed by atoms with E-state index in [9.17, 15) is 13.2 Å². The summed E-state index contributed by atoms with van der Waals surface area (Å²) in [6.45, 7) is 4.08. The van der Waals surface area contributed by atoms with Gasteiger partial charge in [0.2, 0.25) is 10.0 Å². The van der Waals surface area contributed by atoms with Crippen LogP contribution in [-0.2, 0) is 19.6 Å². The van der Waals surface area contributed by atoms with Crippen LogP contribution in [0.4, 0.5) is 0 Å². The molecule has 2 heterocycles. The van der Waals surface area contributed by atoms with Gasteiger partial charge >= 0.3 is 5.97 Å². The minimum atomic E-state index is -3.50. The van der Waals surface area contributed by atoms with Gasteiger partial charge in [0.1, 0.15) is 12.4 Å². The molecule has 0 aliphatic carbocycles. The van der Waals surface area contributed by atoms with E-state index in [1.165, 1.54) is 4.31 Å². The molecule has 0 bridgehead atoms. The summed E-state index contributed by atoms with van der Waals surface area (Å²) in [5.41, 5.74) is 0. The Morgan fingerprint density at radius 2 is 1.86 bits per heavy atom. The molecule has 1 aromatic carbocycles. The third kappa shape index (κ3) is 5.81. The molecule has 158 valence electrons. The minimum absolute atomic E-state index is 0. The Labute approximate surface area is 171 Å². The Morgan fingerprint density at radius 1 is 1.18 bits per heavy atom. The summed E-state index contributed by atoms with van der Waals surface area (Å²) >= 11 is 0. The highest BCUT2D eigenvalue weighted by atomic mass is 35.5. The molecular weight excluding hydrogens is 408 g/mol. The van der Waals surface area contributed by atoms with Crippen LogP contribution in [0.1, 0.15) is 12.8 Å². The Morgan fingerprint density at radius 3 is 2.50 bits per heavy atom. The number of carboxylic acid groups (broad SMARTS) is 1. The van der Waals surface area contributed by atoms with Crippen LogP contribution in [0.3, 0.4) is 0 Å². The van der Waals surface area contributed by atoms with Gasteiger partial charge in [-0.05, 0) is 43.7 Å².